The minimum absolute atomic E-state index is 0.847. The van der Waals surface area contributed by atoms with Gasteiger partial charge in [-0.05, 0) is 30.3 Å². The molecule has 0 radical (unpaired) electrons. The topological polar surface area (TPSA) is 40.7 Å². The lowest BCUT2D eigenvalue weighted by atomic mass is 10.0. The molecular weight excluding hydrogens is 218 g/mol. The maximum absolute atomic E-state index is 4.74. The van der Waals surface area contributed by atoms with Gasteiger partial charge in [0.1, 0.15) is 5.82 Å². The van der Waals surface area contributed by atoms with Crippen molar-refractivity contribution in [3.63, 3.8) is 0 Å². The third-order valence-electron chi connectivity index (χ3n) is 3.49. The zero-order valence-electron chi connectivity index (χ0n) is 9.59. The second kappa shape index (κ2) is 4.80. The van der Waals surface area contributed by atoms with Crippen molar-refractivity contribution in [2.75, 3.05) is 18.1 Å². The highest BCUT2D eigenvalue weighted by Gasteiger charge is 2.18. The zero-order valence-corrected chi connectivity index (χ0v) is 10.4. The Morgan fingerprint density at radius 3 is 3.25 bits per heavy atom. The van der Waals surface area contributed by atoms with Gasteiger partial charge in [0, 0.05) is 25.9 Å². The van der Waals surface area contributed by atoms with Crippen LogP contribution in [0.15, 0.2) is 0 Å². The first-order valence-corrected chi connectivity index (χ1v) is 7.42. The van der Waals surface area contributed by atoms with Gasteiger partial charge in [-0.1, -0.05) is 0 Å². The van der Waals surface area contributed by atoms with E-state index in [1.54, 1.807) is 0 Å². The van der Waals surface area contributed by atoms with E-state index in [4.69, 9.17) is 4.98 Å². The van der Waals surface area contributed by atoms with Gasteiger partial charge in [-0.2, -0.15) is 11.8 Å². The molecule has 1 unspecified atom stereocenters. The van der Waals surface area contributed by atoms with Crippen LogP contribution in [0.5, 0.6) is 0 Å². The van der Waals surface area contributed by atoms with Crippen molar-refractivity contribution in [2.24, 2.45) is 5.92 Å². The number of nitrogens with one attached hydrogen (secondary N) is 2. The van der Waals surface area contributed by atoms with Crippen LogP contribution in [0.4, 0.5) is 0 Å². The molecule has 1 fully saturated rings. The largest absolute Gasteiger partial charge is 0.345 e. The smallest absolute Gasteiger partial charge is 0.106 e. The lowest BCUT2D eigenvalue weighted by molar-refractivity contribution is 0.510. The summed E-state index contributed by atoms with van der Waals surface area (Å²) in [6, 6.07) is 0. The molecule has 4 heteroatoms. The van der Waals surface area contributed by atoms with Crippen LogP contribution >= 0.6 is 11.8 Å². The van der Waals surface area contributed by atoms with Crippen molar-refractivity contribution in [1.29, 1.82) is 0 Å². The first kappa shape index (κ1) is 10.7. The molecule has 2 aliphatic heterocycles. The van der Waals surface area contributed by atoms with Crippen LogP contribution < -0.4 is 5.32 Å². The molecule has 0 aromatic carbocycles. The summed E-state index contributed by atoms with van der Waals surface area (Å²) in [5.41, 5.74) is 2.63. The minimum atomic E-state index is 0.847. The van der Waals surface area contributed by atoms with Crippen LogP contribution in [-0.4, -0.2) is 28.0 Å². The van der Waals surface area contributed by atoms with E-state index >= 15 is 0 Å². The van der Waals surface area contributed by atoms with Crippen molar-refractivity contribution in [3.05, 3.63) is 17.2 Å². The number of rotatable bonds is 2. The van der Waals surface area contributed by atoms with Gasteiger partial charge in [0.25, 0.3) is 0 Å². The number of fused-ring (bicyclic) bond motifs is 1. The third kappa shape index (κ3) is 2.28. The standard InChI is InChI=1S/C12H19N3S/c1-2-9(8-16-5-1)6-12-14-10-3-4-13-7-11(10)15-12/h9,13H,1-8H2,(H,14,15). The predicted octanol–water partition coefficient (Wildman–Crippen LogP) is 1.74. The third-order valence-corrected chi connectivity index (χ3v) is 4.77. The van der Waals surface area contributed by atoms with E-state index in [9.17, 15) is 0 Å². The molecule has 1 saturated heterocycles. The number of hydrogen-bond donors (Lipinski definition) is 2. The average Bonchev–Trinajstić information content (AvgIpc) is 2.72. The Balaban J connectivity index is 1.67. The number of aromatic amines is 1. The minimum Gasteiger partial charge on any atom is -0.345 e. The second-order valence-electron chi connectivity index (χ2n) is 4.82. The van der Waals surface area contributed by atoms with Crippen LogP contribution in [-0.2, 0) is 19.4 Å². The molecule has 88 valence electrons. The SMILES string of the molecule is C1CSCC(Cc2nc3c([nH]2)CNCC3)C1. The van der Waals surface area contributed by atoms with Crippen molar-refractivity contribution in [1.82, 2.24) is 15.3 Å². The molecule has 3 heterocycles. The van der Waals surface area contributed by atoms with Gasteiger partial charge >= 0.3 is 0 Å². The number of thioether (sulfide) groups is 1. The maximum atomic E-state index is 4.74. The summed E-state index contributed by atoms with van der Waals surface area (Å²) in [5.74, 6) is 4.75. The Labute approximate surface area is 101 Å². The maximum Gasteiger partial charge on any atom is 0.106 e. The van der Waals surface area contributed by atoms with Crippen LogP contribution in [0, 0.1) is 5.92 Å². The summed E-state index contributed by atoms with van der Waals surface area (Å²) in [6.07, 6.45) is 5.01. The molecule has 0 aliphatic carbocycles. The highest BCUT2D eigenvalue weighted by molar-refractivity contribution is 7.99. The van der Waals surface area contributed by atoms with Crippen molar-refractivity contribution >= 4 is 11.8 Å². The van der Waals surface area contributed by atoms with Gasteiger partial charge < -0.3 is 10.3 Å². The van der Waals surface area contributed by atoms with E-state index in [0.717, 1.165) is 31.8 Å². The summed E-state index contributed by atoms with van der Waals surface area (Å²) in [5, 5.41) is 3.38. The summed E-state index contributed by atoms with van der Waals surface area (Å²) in [7, 11) is 0. The molecule has 1 atom stereocenters. The molecule has 0 spiro atoms. The Bertz CT molecular complexity index is 332. The van der Waals surface area contributed by atoms with Gasteiger partial charge in [-0.15, -0.1) is 0 Å². The van der Waals surface area contributed by atoms with Crippen LogP contribution in [0.1, 0.15) is 30.1 Å². The fourth-order valence-electron chi connectivity index (χ4n) is 2.62. The fourth-order valence-corrected chi connectivity index (χ4v) is 3.77. The van der Waals surface area contributed by atoms with Gasteiger partial charge in [-0.25, -0.2) is 4.98 Å². The monoisotopic (exact) mass is 237 g/mol. The summed E-state index contributed by atoms with van der Waals surface area (Å²) < 4.78 is 0. The number of hydrogen-bond acceptors (Lipinski definition) is 3. The summed E-state index contributed by atoms with van der Waals surface area (Å²) in [6.45, 7) is 2.05. The lowest BCUT2D eigenvalue weighted by Crippen LogP contribution is -2.23. The average molecular weight is 237 g/mol. The van der Waals surface area contributed by atoms with Crippen LogP contribution in [0.2, 0.25) is 0 Å². The highest BCUT2D eigenvalue weighted by Crippen LogP contribution is 2.25. The number of nitrogens with zero attached hydrogens (tertiary/aromatic N) is 1. The molecule has 0 amide bonds. The zero-order chi connectivity index (χ0) is 10.8. The van der Waals surface area contributed by atoms with Crippen LogP contribution in [0.25, 0.3) is 0 Å². The molecule has 2 N–H and O–H groups in total. The van der Waals surface area contributed by atoms with Crippen molar-refractivity contribution in [3.8, 4) is 0 Å². The van der Waals surface area contributed by atoms with E-state index < -0.39 is 0 Å². The quantitative estimate of drug-likeness (QED) is 0.823. The van der Waals surface area contributed by atoms with E-state index in [-0.39, 0.29) is 0 Å². The molecule has 3 rings (SSSR count). The molecule has 0 bridgehead atoms. The van der Waals surface area contributed by atoms with Gasteiger partial charge in [0.15, 0.2) is 0 Å². The Morgan fingerprint density at radius 1 is 1.44 bits per heavy atom. The predicted molar refractivity (Wildman–Crippen MR) is 67.8 cm³/mol. The Kier molecular flexibility index (Phi) is 3.20. The fraction of sp³-hybridized carbons (Fsp3) is 0.750. The highest BCUT2D eigenvalue weighted by atomic mass is 32.2. The lowest BCUT2D eigenvalue weighted by Gasteiger charge is -2.19. The summed E-state index contributed by atoms with van der Waals surface area (Å²) in [4.78, 5) is 8.24. The first-order chi connectivity index (χ1) is 7.92. The Morgan fingerprint density at radius 2 is 2.44 bits per heavy atom. The number of imidazole rings is 1. The summed E-state index contributed by atoms with van der Waals surface area (Å²) >= 11 is 2.10. The molecule has 3 nitrogen and oxygen atoms in total. The van der Waals surface area contributed by atoms with Gasteiger partial charge in [-0.3, -0.25) is 0 Å². The number of H-pyrrole nitrogens is 1. The molecule has 1 aromatic heterocycles. The molecular formula is C12H19N3S. The van der Waals surface area contributed by atoms with Crippen LogP contribution in [0.3, 0.4) is 0 Å². The van der Waals surface area contributed by atoms with E-state index in [1.165, 1.54) is 41.6 Å². The van der Waals surface area contributed by atoms with Crippen molar-refractivity contribution in [2.45, 2.75) is 32.2 Å². The number of aromatic nitrogens is 2. The second-order valence-corrected chi connectivity index (χ2v) is 5.97. The molecule has 16 heavy (non-hydrogen) atoms. The van der Waals surface area contributed by atoms with E-state index in [1.807, 2.05) is 0 Å². The normalized spacial score (nSPS) is 25.4. The van der Waals surface area contributed by atoms with E-state index in [2.05, 4.69) is 22.1 Å². The van der Waals surface area contributed by atoms with Crippen molar-refractivity contribution < 1.29 is 0 Å². The molecule has 0 saturated carbocycles. The van der Waals surface area contributed by atoms with Gasteiger partial charge in [0.05, 0.1) is 11.4 Å². The molecule has 1 aromatic rings. The van der Waals surface area contributed by atoms with Gasteiger partial charge in [0.2, 0.25) is 0 Å². The molecule has 2 aliphatic rings. The first-order valence-electron chi connectivity index (χ1n) is 6.27. The Hall–Kier alpha value is -0.480. The van der Waals surface area contributed by atoms with E-state index in [0.29, 0.717) is 0 Å².